The molecule has 0 saturated carbocycles. The lowest BCUT2D eigenvalue weighted by Gasteiger charge is -2.05. The van der Waals surface area contributed by atoms with Crippen LogP contribution in [0.3, 0.4) is 0 Å². The molecule has 0 fully saturated rings. The second kappa shape index (κ2) is 3.84. The molecule has 0 unspecified atom stereocenters. The molecular weight excluding hydrogens is 267 g/mol. The van der Waals surface area contributed by atoms with Gasteiger partial charge in [0.1, 0.15) is 0 Å². The van der Waals surface area contributed by atoms with Gasteiger partial charge < -0.3 is 0 Å². The van der Waals surface area contributed by atoms with E-state index in [1.807, 2.05) is 0 Å². The molecule has 80 valence electrons. The average Bonchev–Trinajstić information content (AvgIpc) is 2.43. The Balaban J connectivity index is 2.51. The normalized spacial score (nSPS) is 12.3. The highest BCUT2D eigenvalue weighted by Crippen LogP contribution is 2.42. The Kier molecular flexibility index (Phi) is 2.83. The maximum absolute atomic E-state index is 12.2. The van der Waals surface area contributed by atoms with Crippen LogP contribution in [0.15, 0.2) is 23.1 Å². The van der Waals surface area contributed by atoms with Crippen LogP contribution in [-0.4, -0.2) is 10.5 Å². The van der Waals surface area contributed by atoms with Crippen molar-refractivity contribution in [3.63, 3.8) is 0 Å². The molecule has 1 aromatic heterocycles. The molecule has 0 radical (unpaired) electrons. The first-order valence-corrected chi connectivity index (χ1v) is 5.77. The van der Waals surface area contributed by atoms with Crippen molar-refractivity contribution in [2.75, 3.05) is 0 Å². The summed E-state index contributed by atoms with van der Waals surface area (Å²) >= 11 is 6.55. The zero-order valence-corrected chi connectivity index (χ0v) is 9.40. The number of halogens is 4. The smallest absolute Gasteiger partial charge is 0.225 e. The van der Waals surface area contributed by atoms with Gasteiger partial charge in [0.25, 0.3) is 0 Å². The van der Waals surface area contributed by atoms with Crippen LogP contribution < -0.4 is 0 Å². The molecule has 1 aromatic carbocycles. The largest absolute Gasteiger partial charge is 0.446 e. The molecule has 0 aliphatic heterocycles. The Morgan fingerprint density at radius 2 is 2.07 bits per heavy atom. The molecule has 1 nitrogen and oxygen atoms in total. The molecule has 0 saturated heterocycles. The molecule has 0 amide bonds. The van der Waals surface area contributed by atoms with Gasteiger partial charge in [0.2, 0.25) is 0 Å². The van der Waals surface area contributed by atoms with Gasteiger partial charge in [0, 0.05) is 4.90 Å². The van der Waals surface area contributed by atoms with Gasteiger partial charge in [-0.15, -0.1) is 11.3 Å². The molecular formula is C8H3ClF3NS2. The minimum Gasteiger partial charge on any atom is -0.225 e. The number of fused-ring (bicyclic) bond motifs is 1. The predicted molar refractivity (Wildman–Crippen MR) is 56.5 cm³/mol. The zero-order valence-electron chi connectivity index (χ0n) is 7.01. The van der Waals surface area contributed by atoms with Crippen LogP contribution in [0.1, 0.15) is 0 Å². The highest BCUT2D eigenvalue weighted by molar-refractivity contribution is 8.00. The number of thioether (sulfide) groups is 1. The Morgan fingerprint density at radius 1 is 1.33 bits per heavy atom. The third kappa shape index (κ3) is 2.56. The summed E-state index contributed by atoms with van der Waals surface area (Å²) in [4.78, 5) is 4.05. The minimum absolute atomic E-state index is 0.143. The van der Waals surface area contributed by atoms with Crippen LogP contribution in [0, 0.1) is 0 Å². The molecule has 0 atom stereocenters. The summed E-state index contributed by atoms with van der Waals surface area (Å²) in [6.07, 6.45) is 0. The highest BCUT2D eigenvalue weighted by Gasteiger charge is 2.30. The number of nitrogens with zero attached hydrogens (tertiary/aromatic N) is 1. The lowest BCUT2D eigenvalue weighted by Crippen LogP contribution is -1.98. The van der Waals surface area contributed by atoms with E-state index < -0.39 is 5.51 Å². The van der Waals surface area contributed by atoms with Crippen molar-refractivity contribution < 1.29 is 13.2 Å². The zero-order chi connectivity index (χ0) is 11.1. The van der Waals surface area contributed by atoms with E-state index in [0.29, 0.717) is 10.2 Å². The van der Waals surface area contributed by atoms with Gasteiger partial charge in [-0.3, -0.25) is 0 Å². The molecule has 0 bridgehead atoms. The fraction of sp³-hybridized carbons (Fsp3) is 0.125. The summed E-state index contributed by atoms with van der Waals surface area (Å²) in [5.41, 5.74) is -3.79. The Labute approximate surface area is 96.3 Å². The first kappa shape index (κ1) is 11.0. The van der Waals surface area contributed by atoms with Crippen molar-refractivity contribution in [2.24, 2.45) is 0 Å². The van der Waals surface area contributed by atoms with Crippen molar-refractivity contribution in [1.29, 1.82) is 0 Å². The van der Waals surface area contributed by atoms with E-state index in [-0.39, 0.29) is 21.1 Å². The number of hydrogen-bond donors (Lipinski definition) is 0. The lowest BCUT2D eigenvalue weighted by atomic mass is 10.3. The molecule has 15 heavy (non-hydrogen) atoms. The number of benzene rings is 1. The molecule has 0 N–H and O–H groups in total. The van der Waals surface area contributed by atoms with Crippen molar-refractivity contribution in [3.8, 4) is 0 Å². The van der Waals surface area contributed by atoms with E-state index in [1.54, 1.807) is 6.07 Å². The molecule has 2 rings (SSSR count). The summed E-state index contributed by atoms with van der Waals surface area (Å²) in [5, 5.41) is 0. The van der Waals surface area contributed by atoms with Crippen LogP contribution >= 0.6 is 34.7 Å². The Bertz CT molecular complexity index is 494. The SMILES string of the molecule is FC(F)(F)Sc1cccc2nc(Cl)sc12. The van der Waals surface area contributed by atoms with Gasteiger partial charge in [-0.25, -0.2) is 4.98 Å². The van der Waals surface area contributed by atoms with Gasteiger partial charge in [0.15, 0.2) is 4.47 Å². The van der Waals surface area contributed by atoms with Crippen molar-refractivity contribution in [2.45, 2.75) is 10.4 Å². The van der Waals surface area contributed by atoms with Gasteiger partial charge in [-0.05, 0) is 23.9 Å². The molecule has 7 heteroatoms. The number of rotatable bonds is 1. The van der Waals surface area contributed by atoms with E-state index in [1.165, 1.54) is 12.1 Å². The molecule has 0 spiro atoms. The van der Waals surface area contributed by atoms with E-state index in [9.17, 15) is 13.2 Å². The quantitative estimate of drug-likeness (QED) is 0.704. The second-order valence-corrected chi connectivity index (χ2v) is 5.31. The molecule has 1 heterocycles. The Hall–Kier alpha value is -0.460. The van der Waals surface area contributed by atoms with Crippen LogP contribution in [-0.2, 0) is 0 Å². The van der Waals surface area contributed by atoms with Crippen LogP contribution in [0.2, 0.25) is 4.47 Å². The first-order chi connectivity index (χ1) is 6.96. The number of aromatic nitrogens is 1. The summed E-state index contributed by atoms with van der Waals surface area (Å²) in [5.74, 6) is 0. The molecule has 0 aliphatic carbocycles. The lowest BCUT2D eigenvalue weighted by molar-refractivity contribution is -0.0327. The van der Waals surface area contributed by atoms with E-state index >= 15 is 0 Å². The minimum atomic E-state index is -4.29. The fourth-order valence-electron chi connectivity index (χ4n) is 1.10. The second-order valence-electron chi connectivity index (χ2n) is 2.62. The number of hydrogen-bond acceptors (Lipinski definition) is 3. The van der Waals surface area contributed by atoms with Gasteiger partial charge in [-0.1, -0.05) is 17.7 Å². The summed E-state index contributed by atoms with van der Waals surface area (Å²) < 4.78 is 37.3. The fourth-order valence-corrected chi connectivity index (χ4v) is 2.97. The summed E-state index contributed by atoms with van der Waals surface area (Å²) in [6.45, 7) is 0. The third-order valence-electron chi connectivity index (χ3n) is 1.58. The maximum Gasteiger partial charge on any atom is 0.446 e. The van der Waals surface area contributed by atoms with Crippen molar-refractivity contribution in [3.05, 3.63) is 22.7 Å². The number of thiazole rings is 1. The van der Waals surface area contributed by atoms with E-state index in [0.717, 1.165) is 11.3 Å². The molecule has 0 aliphatic rings. The standard InChI is InChI=1S/C8H3ClF3NS2/c9-7-13-4-2-1-3-5(6(4)14-7)15-8(10,11)12/h1-3H. The van der Waals surface area contributed by atoms with Crippen molar-refractivity contribution >= 4 is 44.9 Å². The van der Waals surface area contributed by atoms with E-state index in [2.05, 4.69) is 4.98 Å². The molecule has 2 aromatic rings. The topological polar surface area (TPSA) is 12.9 Å². The highest BCUT2D eigenvalue weighted by atomic mass is 35.5. The van der Waals surface area contributed by atoms with E-state index in [4.69, 9.17) is 11.6 Å². The van der Waals surface area contributed by atoms with Crippen LogP contribution in [0.5, 0.6) is 0 Å². The monoisotopic (exact) mass is 269 g/mol. The predicted octanol–water partition coefficient (Wildman–Crippen LogP) is 4.56. The summed E-state index contributed by atoms with van der Waals surface area (Å²) in [7, 11) is 0. The first-order valence-electron chi connectivity index (χ1n) is 3.76. The Morgan fingerprint density at radius 3 is 2.73 bits per heavy atom. The van der Waals surface area contributed by atoms with Crippen LogP contribution in [0.4, 0.5) is 13.2 Å². The van der Waals surface area contributed by atoms with Gasteiger partial charge >= 0.3 is 5.51 Å². The third-order valence-corrected chi connectivity index (χ3v) is 3.71. The van der Waals surface area contributed by atoms with Gasteiger partial charge in [0.05, 0.1) is 10.2 Å². The average molecular weight is 270 g/mol. The maximum atomic E-state index is 12.2. The summed E-state index contributed by atoms with van der Waals surface area (Å²) in [6, 6.07) is 4.58. The number of alkyl halides is 3. The van der Waals surface area contributed by atoms with Gasteiger partial charge in [-0.2, -0.15) is 13.2 Å². The van der Waals surface area contributed by atoms with Crippen molar-refractivity contribution in [1.82, 2.24) is 4.98 Å². The van der Waals surface area contributed by atoms with Crippen LogP contribution in [0.25, 0.3) is 10.2 Å².